The van der Waals surface area contributed by atoms with Crippen LogP contribution in [0.5, 0.6) is 0 Å². The Hall–Kier alpha value is -1.59. The lowest BCUT2D eigenvalue weighted by molar-refractivity contribution is -0.125. The highest BCUT2D eigenvalue weighted by atomic mass is 32.2. The molecule has 41 heavy (non-hydrogen) atoms. The van der Waals surface area contributed by atoms with Crippen molar-refractivity contribution in [1.82, 2.24) is 14.9 Å². The van der Waals surface area contributed by atoms with Crippen LogP contribution in [-0.4, -0.2) is 73.8 Å². The second-order valence-corrected chi connectivity index (χ2v) is 15.2. The Labute approximate surface area is 245 Å². The predicted molar refractivity (Wildman–Crippen MR) is 158 cm³/mol. The van der Waals surface area contributed by atoms with Crippen molar-refractivity contribution in [3.63, 3.8) is 0 Å². The number of nitrogens with two attached hydrogens (primary N) is 1. The van der Waals surface area contributed by atoms with Gasteiger partial charge in [0.2, 0.25) is 15.9 Å². The van der Waals surface area contributed by atoms with E-state index in [1.54, 1.807) is 16.4 Å². The van der Waals surface area contributed by atoms with E-state index < -0.39 is 16.1 Å². The first-order chi connectivity index (χ1) is 19.6. The minimum absolute atomic E-state index is 0.0220. The molecular formula is C31H49FN4O4S. The van der Waals surface area contributed by atoms with E-state index in [0.717, 1.165) is 63.4 Å². The Morgan fingerprint density at radius 3 is 2.54 bits per heavy atom. The molecule has 2 unspecified atom stereocenters. The van der Waals surface area contributed by atoms with Crippen molar-refractivity contribution in [2.24, 2.45) is 17.6 Å². The standard InChI is InChI=1S/C31H49FN4O4S/c1-20-16-24(17-21(2)40-20)29(23-9-12-25(32)13-10-23)30(33)31(37)35-28-8-4-3-6-22(28)11-14-27-18-34-26-7-5-15-41(38,39)36(27)19-26/h9-10,12-13,20-22,24,26-30,34H,3-8,11,14-19,33H2,1-2H3,(H,35,37)/t20-,21+,22-,24?,26-,27+,28+,29+,30+/m1/s1. The summed E-state index contributed by atoms with van der Waals surface area (Å²) in [5, 5.41) is 6.90. The third kappa shape index (κ3) is 7.50. The van der Waals surface area contributed by atoms with Gasteiger partial charge in [0.05, 0.1) is 24.0 Å². The van der Waals surface area contributed by atoms with Gasteiger partial charge < -0.3 is 21.1 Å². The average molecular weight is 593 g/mol. The maximum absolute atomic E-state index is 13.8. The minimum atomic E-state index is -3.22. The first-order valence-corrected chi connectivity index (χ1v) is 17.4. The molecule has 1 aromatic rings. The van der Waals surface area contributed by atoms with E-state index in [-0.39, 0.29) is 59.6 Å². The topological polar surface area (TPSA) is 114 Å². The molecule has 10 atom stereocenters. The van der Waals surface area contributed by atoms with Gasteiger partial charge in [-0.15, -0.1) is 0 Å². The van der Waals surface area contributed by atoms with Gasteiger partial charge in [0, 0.05) is 37.1 Å². The van der Waals surface area contributed by atoms with Crippen molar-refractivity contribution >= 4 is 15.9 Å². The Balaban J connectivity index is 1.26. The molecule has 0 aromatic heterocycles. The molecular weight excluding hydrogens is 543 g/mol. The lowest BCUT2D eigenvalue weighted by atomic mass is 9.74. The monoisotopic (exact) mass is 592 g/mol. The van der Waals surface area contributed by atoms with Crippen LogP contribution in [0.25, 0.3) is 0 Å². The van der Waals surface area contributed by atoms with E-state index in [9.17, 15) is 17.6 Å². The van der Waals surface area contributed by atoms with Gasteiger partial charge in [-0.1, -0.05) is 25.0 Å². The molecule has 3 saturated heterocycles. The van der Waals surface area contributed by atoms with Crippen molar-refractivity contribution < 1.29 is 22.3 Å². The molecule has 0 radical (unpaired) electrons. The van der Waals surface area contributed by atoms with Crippen LogP contribution in [0.4, 0.5) is 4.39 Å². The molecule has 3 heterocycles. The molecule has 230 valence electrons. The lowest BCUT2D eigenvalue weighted by Gasteiger charge is -2.40. The van der Waals surface area contributed by atoms with Crippen LogP contribution in [0.1, 0.15) is 89.5 Å². The van der Waals surface area contributed by atoms with Crippen LogP contribution < -0.4 is 16.4 Å². The largest absolute Gasteiger partial charge is 0.376 e. The Morgan fingerprint density at radius 1 is 1.10 bits per heavy atom. The zero-order chi connectivity index (χ0) is 29.1. The third-order valence-corrected chi connectivity index (χ3v) is 12.0. The van der Waals surface area contributed by atoms with Gasteiger partial charge in [-0.2, -0.15) is 4.31 Å². The number of sulfonamides is 1. The molecule has 4 fully saturated rings. The number of carbonyl (C=O) groups excluding carboxylic acids is 1. The van der Waals surface area contributed by atoms with Crippen LogP contribution >= 0.6 is 0 Å². The number of amides is 1. The van der Waals surface area contributed by atoms with Crippen LogP contribution in [0.2, 0.25) is 0 Å². The number of nitrogens with zero attached hydrogens (tertiary/aromatic N) is 1. The number of piperazine rings is 1. The summed E-state index contributed by atoms with van der Waals surface area (Å²) in [5.41, 5.74) is 7.67. The fourth-order valence-corrected chi connectivity index (χ4v) is 9.85. The van der Waals surface area contributed by atoms with E-state index in [1.807, 2.05) is 0 Å². The van der Waals surface area contributed by atoms with Crippen molar-refractivity contribution in [2.45, 2.75) is 120 Å². The fraction of sp³-hybridized carbons (Fsp3) is 0.774. The molecule has 10 heteroatoms. The highest BCUT2D eigenvalue weighted by Crippen LogP contribution is 2.39. The normalized spacial score (nSPS) is 37.0. The number of carbonyl (C=O) groups is 1. The zero-order valence-corrected chi connectivity index (χ0v) is 25.5. The number of hydrogen-bond donors (Lipinski definition) is 3. The van der Waals surface area contributed by atoms with Gasteiger partial charge >= 0.3 is 0 Å². The second-order valence-electron chi connectivity index (χ2n) is 13.1. The van der Waals surface area contributed by atoms with Crippen molar-refractivity contribution in [2.75, 3.05) is 18.8 Å². The van der Waals surface area contributed by atoms with Crippen molar-refractivity contribution in [3.8, 4) is 0 Å². The van der Waals surface area contributed by atoms with Crippen LogP contribution in [0.3, 0.4) is 0 Å². The maximum Gasteiger partial charge on any atom is 0.237 e. The molecule has 8 nitrogen and oxygen atoms in total. The summed E-state index contributed by atoms with van der Waals surface area (Å²) in [6, 6.07) is 5.91. The second kappa shape index (κ2) is 13.4. The number of nitrogens with one attached hydrogen (secondary N) is 2. The summed E-state index contributed by atoms with van der Waals surface area (Å²) in [7, 11) is -3.22. The summed E-state index contributed by atoms with van der Waals surface area (Å²) in [6.07, 6.45) is 9.13. The van der Waals surface area contributed by atoms with E-state index >= 15 is 0 Å². The zero-order valence-electron chi connectivity index (χ0n) is 24.6. The molecule has 1 aromatic carbocycles. The number of rotatable bonds is 8. The Kier molecular flexibility index (Phi) is 10.1. The summed E-state index contributed by atoms with van der Waals surface area (Å²) in [5.74, 6) is -0.0103. The first-order valence-electron chi connectivity index (χ1n) is 15.8. The van der Waals surface area contributed by atoms with Gasteiger partial charge in [-0.3, -0.25) is 4.79 Å². The van der Waals surface area contributed by atoms with E-state index in [4.69, 9.17) is 10.5 Å². The SMILES string of the molecule is C[C@@H]1CC([C@H](c2ccc(F)cc2)[C@H](N)C(=O)N[C@H]2CCCC[C@@H]2CC[C@H]2CN[C@@H]3CCCS(=O)(=O)N2C3)C[C@H](C)O1. The molecule has 5 rings (SSSR count). The van der Waals surface area contributed by atoms with Crippen LogP contribution in [0, 0.1) is 17.7 Å². The summed E-state index contributed by atoms with van der Waals surface area (Å²) >= 11 is 0. The van der Waals surface area contributed by atoms with Gasteiger partial charge in [-0.25, -0.2) is 12.8 Å². The molecule has 1 saturated carbocycles. The first kappa shape index (κ1) is 30.9. The molecule has 3 aliphatic heterocycles. The van der Waals surface area contributed by atoms with Crippen LogP contribution in [-0.2, 0) is 19.6 Å². The molecule has 4 N–H and O–H groups in total. The van der Waals surface area contributed by atoms with Gasteiger partial charge in [0.25, 0.3) is 0 Å². The van der Waals surface area contributed by atoms with E-state index in [1.165, 1.54) is 12.1 Å². The number of halogens is 1. The number of benzene rings is 1. The molecule has 1 aliphatic carbocycles. The number of fused-ring (bicyclic) bond motifs is 2. The molecule has 0 spiro atoms. The highest BCUT2D eigenvalue weighted by molar-refractivity contribution is 7.89. The van der Waals surface area contributed by atoms with E-state index in [2.05, 4.69) is 24.5 Å². The van der Waals surface area contributed by atoms with Gasteiger partial charge in [0.15, 0.2) is 0 Å². The smallest absolute Gasteiger partial charge is 0.237 e. The lowest BCUT2D eigenvalue weighted by Crippen LogP contribution is -2.57. The molecule has 2 bridgehead atoms. The fourth-order valence-electron chi connectivity index (χ4n) is 8.04. The van der Waals surface area contributed by atoms with Crippen LogP contribution in [0.15, 0.2) is 24.3 Å². The quantitative estimate of drug-likeness (QED) is 0.425. The van der Waals surface area contributed by atoms with E-state index in [0.29, 0.717) is 25.4 Å². The van der Waals surface area contributed by atoms with Gasteiger partial charge in [-0.05, 0) is 94.7 Å². The summed E-state index contributed by atoms with van der Waals surface area (Å²) < 4.78 is 47.4. The maximum atomic E-state index is 13.8. The highest BCUT2D eigenvalue weighted by Gasteiger charge is 2.40. The third-order valence-electron chi connectivity index (χ3n) is 10.1. The predicted octanol–water partition coefficient (Wildman–Crippen LogP) is 3.66. The van der Waals surface area contributed by atoms with Crippen molar-refractivity contribution in [1.29, 1.82) is 0 Å². The molecule has 1 amide bonds. The minimum Gasteiger partial charge on any atom is -0.376 e. The summed E-state index contributed by atoms with van der Waals surface area (Å²) in [6.45, 7) is 5.38. The number of hydrogen-bond acceptors (Lipinski definition) is 6. The number of ether oxygens (including phenoxy) is 1. The van der Waals surface area contributed by atoms with Gasteiger partial charge in [0.1, 0.15) is 5.82 Å². The average Bonchev–Trinajstić information content (AvgIpc) is 3.04. The summed E-state index contributed by atoms with van der Waals surface area (Å²) in [4.78, 5) is 13.8. The van der Waals surface area contributed by atoms with Crippen molar-refractivity contribution in [3.05, 3.63) is 35.6 Å². The Bertz CT molecular complexity index is 1130. The molecule has 4 aliphatic rings. The Morgan fingerprint density at radius 2 is 1.80 bits per heavy atom.